The Morgan fingerprint density at radius 2 is 1.50 bits per heavy atom. The zero-order valence-corrected chi connectivity index (χ0v) is 13.7. The first kappa shape index (κ1) is 16.0. The SMILES string of the molecule is O=C(Nc1cccc(Cl)c1)/C(=C\c1ccccc1)c1ccccc1. The van der Waals surface area contributed by atoms with Gasteiger partial charge in [-0.25, -0.2) is 0 Å². The maximum atomic E-state index is 12.8. The molecule has 1 N–H and O–H groups in total. The Labute approximate surface area is 146 Å². The molecule has 118 valence electrons. The normalized spacial score (nSPS) is 11.1. The lowest BCUT2D eigenvalue weighted by molar-refractivity contribution is -0.111. The summed E-state index contributed by atoms with van der Waals surface area (Å²) in [5.74, 6) is -0.174. The predicted octanol–water partition coefficient (Wildman–Crippen LogP) is 5.52. The molecule has 0 aliphatic heterocycles. The Kier molecular flexibility index (Phi) is 5.09. The highest BCUT2D eigenvalue weighted by Gasteiger charge is 2.12. The number of amides is 1. The molecule has 3 aromatic carbocycles. The number of anilines is 1. The Hall–Kier alpha value is -2.84. The molecule has 0 fully saturated rings. The molecule has 0 aliphatic rings. The van der Waals surface area contributed by atoms with Crippen LogP contribution >= 0.6 is 11.6 Å². The first-order valence-corrected chi connectivity index (χ1v) is 7.99. The van der Waals surface area contributed by atoms with Crippen LogP contribution in [-0.4, -0.2) is 5.91 Å². The van der Waals surface area contributed by atoms with Gasteiger partial charge in [0.25, 0.3) is 5.91 Å². The molecule has 2 nitrogen and oxygen atoms in total. The van der Waals surface area contributed by atoms with Crippen molar-refractivity contribution in [1.82, 2.24) is 0 Å². The van der Waals surface area contributed by atoms with Crippen molar-refractivity contribution in [3.05, 3.63) is 101 Å². The summed E-state index contributed by atoms with van der Waals surface area (Å²) in [6.07, 6.45) is 1.88. The Bertz CT molecular complexity index is 857. The number of hydrogen-bond acceptors (Lipinski definition) is 1. The van der Waals surface area contributed by atoms with E-state index in [1.807, 2.05) is 72.8 Å². The number of carbonyl (C=O) groups excluding carboxylic acids is 1. The molecule has 0 heterocycles. The molecule has 0 aromatic heterocycles. The summed E-state index contributed by atoms with van der Waals surface area (Å²) in [6.45, 7) is 0. The number of rotatable bonds is 4. The maximum Gasteiger partial charge on any atom is 0.256 e. The van der Waals surface area contributed by atoms with Gasteiger partial charge < -0.3 is 5.32 Å². The van der Waals surface area contributed by atoms with Crippen LogP contribution in [0.15, 0.2) is 84.9 Å². The first-order valence-electron chi connectivity index (χ1n) is 7.61. The summed E-state index contributed by atoms with van der Waals surface area (Å²) >= 11 is 5.99. The van der Waals surface area contributed by atoms with E-state index in [0.29, 0.717) is 16.3 Å². The summed E-state index contributed by atoms with van der Waals surface area (Å²) in [4.78, 5) is 12.8. The van der Waals surface area contributed by atoms with Crippen molar-refractivity contribution < 1.29 is 4.79 Å². The molecule has 24 heavy (non-hydrogen) atoms. The molecule has 3 rings (SSSR count). The highest BCUT2D eigenvalue weighted by Crippen LogP contribution is 2.22. The van der Waals surface area contributed by atoms with Crippen LogP contribution in [0.25, 0.3) is 11.6 Å². The highest BCUT2D eigenvalue weighted by atomic mass is 35.5. The molecular formula is C21H16ClNO. The van der Waals surface area contributed by atoms with Gasteiger partial charge in [0.15, 0.2) is 0 Å². The summed E-state index contributed by atoms with van der Waals surface area (Å²) in [7, 11) is 0. The molecule has 3 heteroatoms. The highest BCUT2D eigenvalue weighted by molar-refractivity contribution is 6.31. The third kappa shape index (κ3) is 4.12. The van der Waals surface area contributed by atoms with E-state index in [1.54, 1.807) is 18.2 Å². The summed E-state index contributed by atoms with van der Waals surface area (Å²) in [5, 5.41) is 3.49. The second-order valence-corrected chi connectivity index (χ2v) is 5.74. The van der Waals surface area contributed by atoms with Gasteiger partial charge in [0, 0.05) is 16.3 Å². The molecule has 0 atom stereocenters. The molecule has 0 unspecified atom stereocenters. The smallest absolute Gasteiger partial charge is 0.256 e. The fraction of sp³-hybridized carbons (Fsp3) is 0. The van der Waals surface area contributed by atoms with Gasteiger partial charge in [-0.3, -0.25) is 4.79 Å². The lowest BCUT2D eigenvalue weighted by atomic mass is 10.0. The molecule has 0 saturated carbocycles. The van der Waals surface area contributed by atoms with Crippen LogP contribution in [0, 0.1) is 0 Å². The Morgan fingerprint density at radius 3 is 2.17 bits per heavy atom. The average Bonchev–Trinajstić information content (AvgIpc) is 2.61. The van der Waals surface area contributed by atoms with Crippen molar-refractivity contribution >= 4 is 34.8 Å². The average molecular weight is 334 g/mol. The Morgan fingerprint density at radius 1 is 0.833 bits per heavy atom. The van der Waals surface area contributed by atoms with Crippen LogP contribution in [0.4, 0.5) is 5.69 Å². The van der Waals surface area contributed by atoms with Crippen LogP contribution in [0.5, 0.6) is 0 Å². The van der Waals surface area contributed by atoms with E-state index in [1.165, 1.54) is 0 Å². The molecular weight excluding hydrogens is 318 g/mol. The van der Waals surface area contributed by atoms with Gasteiger partial charge in [0.2, 0.25) is 0 Å². The van der Waals surface area contributed by atoms with Gasteiger partial charge in [-0.1, -0.05) is 78.3 Å². The predicted molar refractivity (Wildman–Crippen MR) is 101 cm³/mol. The van der Waals surface area contributed by atoms with Crippen LogP contribution in [-0.2, 0) is 4.79 Å². The topological polar surface area (TPSA) is 29.1 Å². The van der Waals surface area contributed by atoms with Crippen molar-refractivity contribution in [3.63, 3.8) is 0 Å². The van der Waals surface area contributed by atoms with Crippen molar-refractivity contribution in [2.45, 2.75) is 0 Å². The third-order valence-corrected chi connectivity index (χ3v) is 3.76. The second kappa shape index (κ2) is 7.62. The van der Waals surface area contributed by atoms with E-state index in [9.17, 15) is 4.79 Å². The van der Waals surface area contributed by atoms with Gasteiger partial charge in [-0.05, 0) is 35.4 Å². The van der Waals surface area contributed by atoms with Crippen molar-refractivity contribution in [2.24, 2.45) is 0 Å². The number of carbonyl (C=O) groups is 1. The molecule has 0 aliphatic carbocycles. The summed E-state index contributed by atoms with van der Waals surface area (Å²) in [6, 6.07) is 26.5. The summed E-state index contributed by atoms with van der Waals surface area (Å²) < 4.78 is 0. The van der Waals surface area contributed by atoms with Gasteiger partial charge in [-0.2, -0.15) is 0 Å². The van der Waals surface area contributed by atoms with Crippen molar-refractivity contribution in [2.75, 3.05) is 5.32 Å². The lowest BCUT2D eigenvalue weighted by Gasteiger charge is -2.10. The van der Waals surface area contributed by atoms with Crippen LogP contribution in [0.2, 0.25) is 5.02 Å². The second-order valence-electron chi connectivity index (χ2n) is 5.30. The minimum Gasteiger partial charge on any atom is -0.322 e. The van der Waals surface area contributed by atoms with Gasteiger partial charge in [0.1, 0.15) is 0 Å². The zero-order valence-electron chi connectivity index (χ0n) is 12.9. The van der Waals surface area contributed by atoms with Gasteiger partial charge >= 0.3 is 0 Å². The van der Waals surface area contributed by atoms with Crippen LogP contribution in [0.3, 0.4) is 0 Å². The van der Waals surface area contributed by atoms with E-state index in [2.05, 4.69) is 5.32 Å². The number of benzene rings is 3. The monoisotopic (exact) mass is 333 g/mol. The molecule has 1 amide bonds. The standard InChI is InChI=1S/C21H16ClNO/c22-18-12-7-13-19(15-18)23-21(24)20(17-10-5-2-6-11-17)14-16-8-3-1-4-9-16/h1-15H,(H,23,24)/b20-14-. The quantitative estimate of drug-likeness (QED) is 0.494. The number of hydrogen-bond donors (Lipinski definition) is 1. The molecule has 3 aromatic rings. The minimum atomic E-state index is -0.174. The van der Waals surface area contributed by atoms with E-state index in [-0.39, 0.29) is 5.91 Å². The first-order chi connectivity index (χ1) is 11.7. The largest absolute Gasteiger partial charge is 0.322 e. The fourth-order valence-electron chi connectivity index (χ4n) is 2.38. The van der Waals surface area contributed by atoms with E-state index in [0.717, 1.165) is 11.1 Å². The van der Waals surface area contributed by atoms with Crippen LogP contribution < -0.4 is 5.32 Å². The minimum absolute atomic E-state index is 0.174. The maximum absolute atomic E-state index is 12.8. The Balaban J connectivity index is 1.95. The van der Waals surface area contributed by atoms with Crippen molar-refractivity contribution in [1.29, 1.82) is 0 Å². The lowest BCUT2D eigenvalue weighted by Crippen LogP contribution is -2.13. The van der Waals surface area contributed by atoms with E-state index < -0.39 is 0 Å². The van der Waals surface area contributed by atoms with Crippen molar-refractivity contribution in [3.8, 4) is 0 Å². The third-order valence-electron chi connectivity index (χ3n) is 3.52. The molecule has 0 radical (unpaired) electrons. The number of nitrogens with one attached hydrogen (secondary N) is 1. The van der Waals surface area contributed by atoms with E-state index in [4.69, 9.17) is 11.6 Å². The number of halogens is 1. The molecule has 0 spiro atoms. The molecule has 0 saturated heterocycles. The molecule has 0 bridgehead atoms. The van der Waals surface area contributed by atoms with E-state index >= 15 is 0 Å². The summed E-state index contributed by atoms with van der Waals surface area (Å²) in [5.41, 5.74) is 3.10. The van der Waals surface area contributed by atoms with Gasteiger partial charge in [0.05, 0.1) is 0 Å². The van der Waals surface area contributed by atoms with Crippen LogP contribution in [0.1, 0.15) is 11.1 Å². The zero-order chi connectivity index (χ0) is 16.8. The fourth-order valence-corrected chi connectivity index (χ4v) is 2.57. The van der Waals surface area contributed by atoms with Gasteiger partial charge in [-0.15, -0.1) is 0 Å².